The Hall–Kier alpha value is -3.80. The Morgan fingerprint density at radius 2 is 1.77 bits per heavy atom. The average molecular weight is 413 g/mol. The van der Waals surface area contributed by atoms with Gasteiger partial charge in [-0.1, -0.05) is 38.1 Å². The van der Waals surface area contributed by atoms with Crippen LogP contribution in [0, 0.1) is 17.0 Å². The van der Waals surface area contributed by atoms with Gasteiger partial charge >= 0.3 is 0 Å². The first-order valence-electron chi connectivity index (χ1n) is 10.3. The molecule has 156 valence electrons. The van der Waals surface area contributed by atoms with Crippen molar-refractivity contribution in [2.75, 3.05) is 0 Å². The molecule has 0 radical (unpaired) electrons. The topological polar surface area (TPSA) is 78.0 Å². The molecule has 4 rings (SSSR count). The predicted molar refractivity (Wildman–Crippen MR) is 123 cm³/mol. The first-order chi connectivity index (χ1) is 14.9. The third-order valence-electron chi connectivity index (χ3n) is 5.76. The maximum absolute atomic E-state index is 13.5. The number of fused-ring (bicyclic) bond motifs is 1. The highest BCUT2D eigenvalue weighted by Gasteiger charge is 2.17. The third-order valence-corrected chi connectivity index (χ3v) is 5.76. The average Bonchev–Trinajstić information content (AvgIpc) is 2.78. The monoisotopic (exact) mass is 413 g/mol. The van der Waals surface area contributed by atoms with Crippen LogP contribution < -0.4 is 5.56 Å². The fraction of sp³-hybridized carbons (Fsp3) is 0.200. The van der Waals surface area contributed by atoms with E-state index in [0.717, 1.165) is 6.42 Å². The Bertz CT molecular complexity index is 1340. The fourth-order valence-corrected chi connectivity index (χ4v) is 3.75. The molecule has 4 aromatic rings. The van der Waals surface area contributed by atoms with Crippen LogP contribution in [-0.2, 0) is 0 Å². The number of rotatable bonds is 5. The third kappa shape index (κ3) is 3.72. The molecule has 3 aromatic carbocycles. The summed E-state index contributed by atoms with van der Waals surface area (Å²) in [5.41, 5.74) is 3.54. The van der Waals surface area contributed by atoms with Crippen molar-refractivity contribution in [3.8, 4) is 17.1 Å². The number of nitro groups is 1. The minimum Gasteiger partial charge on any atom is -0.268 e. The summed E-state index contributed by atoms with van der Waals surface area (Å²) in [6, 6.07) is 20.0. The SMILES string of the molecule is CCC(C)c1ccc(-n2c(-c3ccc([N+](=O)[O-])c(C)c3)nc3ccccc3c2=O)cc1. The van der Waals surface area contributed by atoms with E-state index in [1.54, 1.807) is 35.8 Å². The highest BCUT2D eigenvalue weighted by Crippen LogP contribution is 2.28. The number of benzene rings is 3. The molecule has 1 aromatic heterocycles. The maximum atomic E-state index is 13.5. The van der Waals surface area contributed by atoms with Crippen LogP contribution in [0.5, 0.6) is 0 Å². The highest BCUT2D eigenvalue weighted by molar-refractivity contribution is 5.80. The Morgan fingerprint density at radius 3 is 2.42 bits per heavy atom. The molecule has 6 heteroatoms. The van der Waals surface area contributed by atoms with E-state index < -0.39 is 4.92 Å². The Kier molecular flexibility index (Phi) is 5.38. The molecule has 0 aliphatic carbocycles. The molecule has 0 bridgehead atoms. The summed E-state index contributed by atoms with van der Waals surface area (Å²) < 4.78 is 1.59. The molecular formula is C25H23N3O3. The minimum absolute atomic E-state index is 0.0383. The van der Waals surface area contributed by atoms with Crippen molar-refractivity contribution < 1.29 is 4.92 Å². The first-order valence-corrected chi connectivity index (χ1v) is 10.3. The lowest BCUT2D eigenvalue weighted by Crippen LogP contribution is -2.22. The second-order valence-electron chi connectivity index (χ2n) is 7.75. The molecule has 1 unspecified atom stereocenters. The quantitative estimate of drug-likeness (QED) is 0.307. The number of nitro benzene ring substituents is 1. The molecule has 0 saturated carbocycles. The van der Waals surface area contributed by atoms with Gasteiger partial charge in [-0.3, -0.25) is 19.5 Å². The van der Waals surface area contributed by atoms with Crippen molar-refractivity contribution in [3.63, 3.8) is 0 Å². The van der Waals surface area contributed by atoms with Gasteiger partial charge in [-0.05, 0) is 61.2 Å². The second kappa shape index (κ2) is 8.14. The summed E-state index contributed by atoms with van der Waals surface area (Å²) >= 11 is 0. The van der Waals surface area contributed by atoms with Crippen LogP contribution in [0.4, 0.5) is 5.69 Å². The van der Waals surface area contributed by atoms with E-state index in [1.807, 2.05) is 36.4 Å². The second-order valence-corrected chi connectivity index (χ2v) is 7.75. The number of aromatic nitrogens is 2. The lowest BCUT2D eigenvalue weighted by molar-refractivity contribution is -0.385. The van der Waals surface area contributed by atoms with Gasteiger partial charge in [0.1, 0.15) is 5.82 Å². The van der Waals surface area contributed by atoms with Crippen LogP contribution in [0.2, 0.25) is 0 Å². The number of aryl methyl sites for hydroxylation is 1. The van der Waals surface area contributed by atoms with Crippen LogP contribution in [0.1, 0.15) is 37.3 Å². The summed E-state index contributed by atoms with van der Waals surface area (Å²) in [6.45, 7) is 6.00. The Balaban J connectivity index is 1.98. The predicted octanol–water partition coefficient (Wildman–Crippen LogP) is 5.78. The number of hydrogen-bond donors (Lipinski definition) is 0. The lowest BCUT2D eigenvalue weighted by atomic mass is 9.98. The molecule has 0 amide bonds. The fourth-order valence-electron chi connectivity index (χ4n) is 3.75. The Labute approximate surface area is 180 Å². The van der Waals surface area contributed by atoms with Gasteiger partial charge < -0.3 is 0 Å². The van der Waals surface area contributed by atoms with Gasteiger partial charge in [0.2, 0.25) is 0 Å². The number of nitrogens with zero attached hydrogens (tertiary/aromatic N) is 3. The summed E-state index contributed by atoms with van der Waals surface area (Å²) in [5, 5.41) is 11.8. The van der Waals surface area contributed by atoms with Gasteiger partial charge in [-0.2, -0.15) is 0 Å². The van der Waals surface area contributed by atoms with Crippen molar-refractivity contribution >= 4 is 16.6 Å². The normalized spacial score (nSPS) is 12.1. The van der Waals surface area contributed by atoms with E-state index >= 15 is 0 Å². The van der Waals surface area contributed by atoms with Crippen LogP contribution in [0.3, 0.4) is 0 Å². The minimum atomic E-state index is -0.409. The van der Waals surface area contributed by atoms with Crippen LogP contribution in [0.15, 0.2) is 71.5 Å². The van der Waals surface area contributed by atoms with Gasteiger partial charge in [0, 0.05) is 17.2 Å². The highest BCUT2D eigenvalue weighted by atomic mass is 16.6. The van der Waals surface area contributed by atoms with Gasteiger partial charge in [0.05, 0.1) is 21.5 Å². The van der Waals surface area contributed by atoms with Crippen molar-refractivity contribution in [3.05, 3.63) is 98.3 Å². The van der Waals surface area contributed by atoms with Crippen LogP contribution in [0.25, 0.3) is 28.0 Å². The standard InChI is InChI=1S/C25H23N3O3/c1-4-16(2)18-9-12-20(13-10-18)27-24(19-11-14-23(28(30)31)17(3)15-19)26-22-8-6-5-7-21(22)25(27)29/h5-16H,4H2,1-3H3. The van der Waals surface area contributed by atoms with Gasteiger partial charge in [0.15, 0.2) is 0 Å². The van der Waals surface area contributed by atoms with E-state index in [2.05, 4.69) is 13.8 Å². The zero-order chi connectivity index (χ0) is 22.1. The molecule has 0 aliphatic rings. The summed E-state index contributed by atoms with van der Waals surface area (Å²) in [5.74, 6) is 0.885. The largest absolute Gasteiger partial charge is 0.272 e. The van der Waals surface area contributed by atoms with Gasteiger partial charge in [0.25, 0.3) is 11.2 Å². The molecule has 6 nitrogen and oxygen atoms in total. The molecule has 0 N–H and O–H groups in total. The number of hydrogen-bond acceptors (Lipinski definition) is 4. The van der Waals surface area contributed by atoms with Crippen LogP contribution in [-0.4, -0.2) is 14.5 Å². The zero-order valence-electron chi connectivity index (χ0n) is 17.7. The van der Waals surface area contributed by atoms with E-state index in [1.165, 1.54) is 11.6 Å². The summed E-state index contributed by atoms with van der Waals surface area (Å²) in [4.78, 5) is 29.1. The summed E-state index contributed by atoms with van der Waals surface area (Å²) in [7, 11) is 0. The van der Waals surface area contributed by atoms with E-state index in [-0.39, 0.29) is 11.2 Å². The van der Waals surface area contributed by atoms with Gasteiger partial charge in [-0.25, -0.2) is 4.98 Å². The molecule has 0 saturated heterocycles. The van der Waals surface area contributed by atoms with Crippen molar-refractivity contribution in [2.24, 2.45) is 0 Å². The molecular weight excluding hydrogens is 390 g/mol. The first kappa shape index (κ1) is 20.5. The van der Waals surface area contributed by atoms with Crippen LogP contribution >= 0.6 is 0 Å². The smallest absolute Gasteiger partial charge is 0.268 e. The van der Waals surface area contributed by atoms with Crippen molar-refractivity contribution in [1.29, 1.82) is 0 Å². The van der Waals surface area contributed by atoms with E-state index in [4.69, 9.17) is 4.98 Å². The van der Waals surface area contributed by atoms with E-state index in [9.17, 15) is 14.9 Å². The maximum Gasteiger partial charge on any atom is 0.272 e. The molecule has 0 fully saturated rings. The zero-order valence-corrected chi connectivity index (χ0v) is 17.7. The molecule has 0 aliphatic heterocycles. The van der Waals surface area contributed by atoms with Gasteiger partial charge in [-0.15, -0.1) is 0 Å². The summed E-state index contributed by atoms with van der Waals surface area (Å²) in [6.07, 6.45) is 1.03. The Morgan fingerprint density at radius 1 is 1.06 bits per heavy atom. The molecule has 0 spiro atoms. The van der Waals surface area contributed by atoms with Crippen molar-refractivity contribution in [1.82, 2.24) is 9.55 Å². The number of para-hydroxylation sites is 1. The molecule has 1 heterocycles. The van der Waals surface area contributed by atoms with E-state index in [0.29, 0.717) is 39.5 Å². The molecule has 1 atom stereocenters. The lowest BCUT2D eigenvalue weighted by Gasteiger charge is -2.16. The van der Waals surface area contributed by atoms with Crippen molar-refractivity contribution in [2.45, 2.75) is 33.1 Å². The molecule has 31 heavy (non-hydrogen) atoms.